The lowest BCUT2D eigenvalue weighted by Gasteiger charge is -2.12. The van der Waals surface area contributed by atoms with E-state index in [1.54, 1.807) is 15.9 Å². The van der Waals surface area contributed by atoms with Gasteiger partial charge in [-0.15, -0.1) is 11.3 Å². The minimum Gasteiger partial charge on any atom is -0.341 e. The molecule has 0 atom stereocenters. The molecule has 1 aliphatic carbocycles. The van der Waals surface area contributed by atoms with Crippen molar-refractivity contribution in [1.29, 1.82) is 0 Å². The fraction of sp³-hybridized carbons (Fsp3) is 0.600. The molecule has 0 saturated carbocycles. The highest BCUT2D eigenvalue weighted by Crippen LogP contribution is 2.35. The lowest BCUT2D eigenvalue weighted by atomic mass is 10.2. The number of carbonyl (C=O) groups is 2. The lowest BCUT2D eigenvalue weighted by molar-refractivity contribution is -0.119. The number of nitrogens with one attached hydrogen (secondary N) is 2. The Labute approximate surface area is 178 Å². The first-order valence-corrected chi connectivity index (χ1v) is 12.0. The van der Waals surface area contributed by atoms with Crippen molar-refractivity contribution in [2.45, 2.75) is 70.0 Å². The normalized spacial score (nSPS) is 12.9. The number of unbranched alkanes of at least 4 members (excludes halogenated alkanes) is 3. The van der Waals surface area contributed by atoms with E-state index in [1.807, 2.05) is 0 Å². The van der Waals surface area contributed by atoms with Crippen LogP contribution in [0.15, 0.2) is 9.95 Å². The van der Waals surface area contributed by atoms with Crippen LogP contribution < -0.4 is 16.2 Å². The van der Waals surface area contributed by atoms with Crippen LogP contribution in [0.1, 0.15) is 55.9 Å². The zero-order valence-electron chi connectivity index (χ0n) is 17.0. The van der Waals surface area contributed by atoms with Crippen molar-refractivity contribution in [3.8, 4) is 0 Å². The topological polar surface area (TPSA) is 93.1 Å². The Morgan fingerprint density at radius 2 is 2.07 bits per heavy atom. The molecule has 3 amide bonds. The maximum absolute atomic E-state index is 13.3. The summed E-state index contributed by atoms with van der Waals surface area (Å²) in [5, 5.41) is 6.09. The summed E-state index contributed by atoms with van der Waals surface area (Å²) in [7, 11) is 1.46. The number of aromatic nitrogens is 2. The van der Waals surface area contributed by atoms with Crippen LogP contribution in [0.4, 0.5) is 4.79 Å². The Morgan fingerprint density at radius 1 is 1.24 bits per heavy atom. The molecule has 0 bridgehead atoms. The summed E-state index contributed by atoms with van der Waals surface area (Å²) < 4.78 is 1.80. The second-order valence-corrected chi connectivity index (χ2v) is 9.32. The quantitative estimate of drug-likeness (QED) is 0.357. The number of aryl methyl sites for hydroxylation is 2. The van der Waals surface area contributed by atoms with Crippen molar-refractivity contribution in [3.05, 3.63) is 20.8 Å². The van der Waals surface area contributed by atoms with Crippen LogP contribution in [-0.4, -0.2) is 34.3 Å². The van der Waals surface area contributed by atoms with Crippen LogP contribution in [0, 0.1) is 0 Å². The molecule has 7 nitrogen and oxygen atoms in total. The van der Waals surface area contributed by atoms with Gasteiger partial charge in [-0.3, -0.25) is 19.5 Å². The van der Waals surface area contributed by atoms with Crippen LogP contribution in [0.5, 0.6) is 0 Å². The molecule has 3 rings (SSSR count). The standard InChI is InChI=1S/C20H28N4O3S2/c1-3-4-5-6-11-24-18(26)16-13-8-7-9-14(13)29-17(16)23-20(24)28-12-10-15(25)22-19(27)21-2/h3-12H2,1-2H3,(H2,21,22,25,27). The third-order valence-electron chi connectivity index (χ3n) is 5.07. The monoisotopic (exact) mass is 436 g/mol. The average molecular weight is 437 g/mol. The summed E-state index contributed by atoms with van der Waals surface area (Å²) in [6, 6.07) is -0.513. The molecule has 0 aliphatic heterocycles. The van der Waals surface area contributed by atoms with E-state index in [4.69, 9.17) is 4.98 Å². The number of rotatable bonds is 9. The largest absolute Gasteiger partial charge is 0.341 e. The molecule has 0 fully saturated rings. The molecule has 0 radical (unpaired) electrons. The van der Waals surface area contributed by atoms with Gasteiger partial charge in [0.15, 0.2) is 5.16 Å². The van der Waals surface area contributed by atoms with E-state index in [0.717, 1.165) is 55.2 Å². The number of hydrogen-bond acceptors (Lipinski definition) is 6. The second-order valence-electron chi connectivity index (χ2n) is 7.18. The Morgan fingerprint density at radius 3 is 2.83 bits per heavy atom. The fourth-order valence-corrected chi connectivity index (χ4v) is 5.81. The van der Waals surface area contributed by atoms with Crippen LogP contribution >= 0.6 is 23.1 Å². The van der Waals surface area contributed by atoms with Crippen molar-refractivity contribution in [2.24, 2.45) is 0 Å². The highest BCUT2D eigenvalue weighted by atomic mass is 32.2. The van der Waals surface area contributed by atoms with Gasteiger partial charge < -0.3 is 5.32 Å². The van der Waals surface area contributed by atoms with E-state index in [2.05, 4.69) is 17.6 Å². The van der Waals surface area contributed by atoms with Gasteiger partial charge in [0.25, 0.3) is 5.56 Å². The molecule has 158 valence electrons. The number of urea groups is 1. The molecular weight excluding hydrogens is 408 g/mol. The Balaban J connectivity index is 1.79. The van der Waals surface area contributed by atoms with Gasteiger partial charge in [0.1, 0.15) is 4.83 Å². The van der Waals surface area contributed by atoms with Crippen molar-refractivity contribution >= 4 is 45.3 Å². The number of carbonyl (C=O) groups excluding carboxylic acids is 2. The minimum absolute atomic E-state index is 0.0585. The average Bonchev–Trinajstić information content (AvgIpc) is 3.27. The number of imide groups is 1. The Kier molecular flexibility index (Phi) is 7.71. The molecule has 2 heterocycles. The zero-order valence-corrected chi connectivity index (χ0v) is 18.6. The van der Waals surface area contributed by atoms with Gasteiger partial charge in [0, 0.05) is 30.6 Å². The third-order valence-corrected chi connectivity index (χ3v) is 7.23. The van der Waals surface area contributed by atoms with E-state index in [-0.39, 0.29) is 17.9 Å². The van der Waals surface area contributed by atoms with Crippen molar-refractivity contribution in [3.63, 3.8) is 0 Å². The van der Waals surface area contributed by atoms with E-state index in [1.165, 1.54) is 29.3 Å². The summed E-state index contributed by atoms with van der Waals surface area (Å²) in [4.78, 5) is 43.3. The Bertz CT molecular complexity index is 951. The third kappa shape index (κ3) is 5.19. The highest BCUT2D eigenvalue weighted by Gasteiger charge is 2.23. The maximum atomic E-state index is 13.3. The van der Waals surface area contributed by atoms with Gasteiger partial charge in [-0.1, -0.05) is 37.9 Å². The first-order valence-electron chi connectivity index (χ1n) is 10.2. The number of thiophene rings is 1. The van der Waals surface area contributed by atoms with Gasteiger partial charge in [-0.2, -0.15) is 0 Å². The second kappa shape index (κ2) is 10.2. The summed E-state index contributed by atoms with van der Waals surface area (Å²) >= 11 is 3.05. The molecule has 0 aromatic carbocycles. The minimum atomic E-state index is -0.513. The molecule has 2 aromatic heterocycles. The van der Waals surface area contributed by atoms with Crippen molar-refractivity contribution in [2.75, 3.05) is 12.8 Å². The van der Waals surface area contributed by atoms with Crippen molar-refractivity contribution < 1.29 is 9.59 Å². The van der Waals surface area contributed by atoms with E-state index in [0.29, 0.717) is 17.5 Å². The highest BCUT2D eigenvalue weighted by molar-refractivity contribution is 7.99. The van der Waals surface area contributed by atoms with Crippen LogP contribution in [0.3, 0.4) is 0 Å². The van der Waals surface area contributed by atoms with Gasteiger partial charge in [0.05, 0.1) is 5.39 Å². The van der Waals surface area contributed by atoms with Crippen LogP contribution in [-0.2, 0) is 24.2 Å². The summed E-state index contributed by atoms with van der Waals surface area (Å²) in [6.07, 6.45) is 7.63. The number of amides is 3. The first-order chi connectivity index (χ1) is 14.0. The molecule has 0 saturated heterocycles. The predicted octanol–water partition coefficient (Wildman–Crippen LogP) is 3.46. The molecule has 0 unspecified atom stereocenters. The molecule has 1 aliphatic rings. The van der Waals surface area contributed by atoms with Crippen molar-refractivity contribution in [1.82, 2.24) is 20.2 Å². The molecule has 9 heteroatoms. The maximum Gasteiger partial charge on any atom is 0.321 e. The van der Waals surface area contributed by atoms with Gasteiger partial charge >= 0.3 is 6.03 Å². The molecule has 2 aromatic rings. The first kappa shape index (κ1) is 21.8. The van der Waals surface area contributed by atoms with Crippen LogP contribution in [0.25, 0.3) is 10.2 Å². The molecule has 0 spiro atoms. The molecule has 2 N–H and O–H groups in total. The predicted molar refractivity (Wildman–Crippen MR) is 118 cm³/mol. The zero-order chi connectivity index (χ0) is 20.8. The molecule has 29 heavy (non-hydrogen) atoms. The van der Waals surface area contributed by atoms with E-state index >= 15 is 0 Å². The molecular formula is C20H28N4O3S2. The summed E-state index contributed by atoms with van der Waals surface area (Å²) in [5.74, 6) is 0.116. The van der Waals surface area contributed by atoms with Gasteiger partial charge in [-0.25, -0.2) is 9.78 Å². The number of hydrogen-bond donors (Lipinski definition) is 2. The number of nitrogens with zero attached hydrogens (tertiary/aromatic N) is 2. The lowest BCUT2D eigenvalue weighted by Crippen LogP contribution is -2.37. The van der Waals surface area contributed by atoms with Crippen LogP contribution in [0.2, 0.25) is 0 Å². The summed E-state index contributed by atoms with van der Waals surface area (Å²) in [5.41, 5.74) is 1.26. The summed E-state index contributed by atoms with van der Waals surface area (Å²) in [6.45, 7) is 2.82. The fourth-order valence-electron chi connectivity index (χ4n) is 3.55. The van der Waals surface area contributed by atoms with E-state index in [9.17, 15) is 14.4 Å². The smallest absolute Gasteiger partial charge is 0.321 e. The number of fused-ring (bicyclic) bond motifs is 3. The van der Waals surface area contributed by atoms with Gasteiger partial charge in [0.2, 0.25) is 5.91 Å². The number of thioether (sulfide) groups is 1. The Hall–Kier alpha value is -1.87. The van der Waals surface area contributed by atoms with Gasteiger partial charge in [-0.05, 0) is 31.2 Å². The van der Waals surface area contributed by atoms with E-state index < -0.39 is 6.03 Å². The SMILES string of the molecule is CCCCCCn1c(SCCC(=O)NC(=O)NC)nc2sc3c(c2c1=O)CCC3.